The smallest absolute Gasteiger partial charge is 0.136 e. The van der Waals surface area contributed by atoms with Crippen molar-refractivity contribution in [2.45, 2.75) is 6.10 Å². The molecule has 0 aliphatic heterocycles. The second kappa shape index (κ2) is 4.84. The van der Waals surface area contributed by atoms with Crippen LogP contribution in [-0.4, -0.2) is 21.6 Å². The number of aromatic nitrogens is 2. The highest BCUT2D eigenvalue weighted by molar-refractivity contribution is 5.86. The first-order chi connectivity index (χ1) is 9.28. The highest BCUT2D eigenvalue weighted by Gasteiger charge is 2.10. The van der Waals surface area contributed by atoms with Crippen LogP contribution in [0.4, 0.5) is 0 Å². The molecule has 0 saturated carbocycles. The summed E-state index contributed by atoms with van der Waals surface area (Å²) in [6.45, 7) is 0.157. The fourth-order valence-electron chi connectivity index (χ4n) is 2.12. The molecule has 0 spiro atoms. The van der Waals surface area contributed by atoms with Crippen LogP contribution in [0.3, 0.4) is 0 Å². The Hall–Kier alpha value is -2.17. The van der Waals surface area contributed by atoms with Crippen LogP contribution in [0.25, 0.3) is 22.0 Å². The van der Waals surface area contributed by atoms with Gasteiger partial charge < -0.3 is 15.8 Å². The minimum Gasteiger partial charge on any atom is -0.384 e. The van der Waals surface area contributed by atoms with Gasteiger partial charge in [0, 0.05) is 12.1 Å². The molecule has 3 rings (SSSR count). The summed E-state index contributed by atoms with van der Waals surface area (Å²) >= 11 is 0. The maximum Gasteiger partial charge on any atom is 0.136 e. The predicted octanol–water partition coefficient (Wildman–Crippen LogP) is 2.22. The first-order valence-corrected chi connectivity index (χ1v) is 6.20. The third kappa shape index (κ3) is 2.23. The molecule has 0 amide bonds. The van der Waals surface area contributed by atoms with E-state index in [9.17, 15) is 5.11 Å². The highest BCUT2D eigenvalue weighted by Crippen LogP contribution is 2.23. The number of nitrogens with two attached hydrogens (primary N) is 1. The van der Waals surface area contributed by atoms with Crippen molar-refractivity contribution in [2.24, 2.45) is 5.73 Å². The number of nitrogens with zero attached hydrogens (tertiary/aromatic N) is 1. The van der Waals surface area contributed by atoms with E-state index >= 15 is 0 Å². The van der Waals surface area contributed by atoms with E-state index in [-0.39, 0.29) is 6.54 Å². The number of imidazole rings is 1. The summed E-state index contributed by atoms with van der Waals surface area (Å²) in [5.41, 5.74) is 7.34. The van der Waals surface area contributed by atoms with Gasteiger partial charge in [-0.05, 0) is 16.8 Å². The Bertz CT molecular complexity index is 705. The molecule has 1 heterocycles. The molecular weight excluding hydrogens is 238 g/mol. The quantitative estimate of drug-likeness (QED) is 0.670. The Labute approximate surface area is 110 Å². The minimum absolute atomic E-state index is 0.157. The van der Waals surface area contributed by atoms with E-state index in [1.54, 1.807) is 6.20 Å². The zero-order valence-electron chi connectivity index (χ0n) is 10.4. The standard InChI is InChI=1S/C15H15N3O/c16-8-14(19)15-17-9-13(18-15)12-6-5-10-3-1-2-4-11(10)7-12/h1-7,9,14,19H,8,16H2,(H,17,18). The van der Waals surface area contributed by atoms with Crippen molar-refractivity contribution in [1.29, 1.82) is 0 Å². The number of nitrogens with one attached hydrogen (secondary N) is 1. The normalized spacial score (nSPS) is 12.7. The van der Waals surface area contributed by atoms with E-state index in [4.69, 9.17) is 5.73 Å². The molecule has 2 aromatic carbocycles. The van der Waals surface area contributed by atoms with E-state index in [1.165, 1.54) is 10.8 Å². The van der Waals surface area contributed by atoms with Crippen LogP contribution < -0.4 is 5.73 Å². The van der Waals surface area contributed by atoms with Crippen molar-refractivity contribution in [3.63, 3.8) is 0 Å². The molecule has 96 valence electrons. The van der Waals surface area contributed by atoms with Crippen LogP contribution >= 0.6 is 0 Å². The van der Waals surface area contributed by atoms with Crippen LogP contribution in [0.5, 0.6) is 0 Å². The largest absolute Gasteiger partial charge is 0.384 e. The number of aliphatic hydroxyl groups excluding tert-OH is 1. The summed E-state index contributed by atoms with van der Waals surface area (Å²) in [4.78, 5) is 7.26. The molecule has 0 aliphatic rings. The molecule has 1 atom stereocenters. The van der Waals surface area contributed by atoms with E-state index in [0.717, 1.165) is 11.3 Å². The molecule has 3 aromatic rings. The van der Waals surface area contributed by atoms with Gasteiger partial charge in [-0.15, -0.1) is 0 Å². The Balaban J connectivity index is 2.01. The average molecular weight is 253 g/mol. The van der Waals surface area contributed by atoms with Gasteiger partial charge in [0.1, 0.15) is 11.9 Å². The Kier molecular flexibility index (Phi) is 3.03. The van der Waals surface area contributed by atoms with E-state index in [2.05, 4.69) is 34.2 Å². The van der Waals surface area contributed by atoms with Crippen molar-refractivity contribution < 1.29 is 5.11 Å². The fraction of sp³-hybridized carbons (Fsp3) is 0.133. The lowest BCUT2D eigenvalue weighted by Gasteiger charge is -2.03. The predicted molar refractivity (Wildman–Crippen MR) is 75.5 cm³/mol. The maximum atomic E-state index is 9.64. The lowest BCUT2D eigenvalue weighted by atomic mass is 10.1. The monoisotopic (exact) mass is 253 g/mol. The van der Waals surface area contributed by atoms with Gasteiger partial charge in [-0.1, -0.05) is 36.4 Å². The van der Waals surface area contributed by atoms with Gasteiger partial charge in [-0.3, -0.25) is 0 Å². The SMILES string of the molecule is NCC(O)c1ncc(-c2ccc3ccccc3c2)[nH]1. The van der Waals surface area contributed by atoms with Gasteiger partial charge in [-0.2, -0.15) is 0 Å². The number of aromatic amines is 1. The first-order valence-electron chi connectivity index (χ1n) is 6.20. The zero-order valence-corrected chi connectivity index (χ0v) is 10.4. The molecular formula is C15H15N3O. The number of benzene rings is 2. The lowest BCUT2D eigenvalue weighted by Crippen LogP contribution is -2.12. The summed E-state index contributed by atoms with van der Waals surface area (Å²) in [5, 5.41) is 12.0. The van der Waals surface area contributed by atoms with Gasteiger partial charge >= 0.3 is 0 Å². The number of hydrogen-bond acceptors (Lipinski definition) is 3. The van der Waals surface area contributed by atoms with Gasteiger partial charge in [0.25, 0.3) is 0 Å². The summed E-state index contributed by atoms with van der Waals surface area (Å²) in [7, 11) is 0. The van der Waals surface area contributed by atoms with Gasteiger partial charge in [0.2, 0.25) is 0 Å². The summed E-state index contributed by atoms with van der Waals surface area (Å²) < 4.78 is 0. The van der Waals surface area contributed by atoms with Crippen LogP contribution in [0.1, 0.15) is 11.9 Å². The van der Waals surface area contributed by atoms with Crippen molar-refractivity contribution in [1.82, 2.24) is 9.97 Å². The molecule has 0 saturated heterocycles. The first kappa shape index (κ1) is 11.9. The van der Waals surface area contributed by atoms with Crippen molar-refractivity contribution >= 4 is 10.8 Å². The van der Waals surface area contributed by atoms with E-state index in [1.807, 2.05) is 18.2 Å². The number of hydrogen-bond donors (Lipinski definition) is 3. The third-order valence-corrected chi connectivity index (χ3v) is 3.19. The topological polar surface area (TPSA) is 74.9 Å². The third-order valence-electron chi connectivity index (χ3n) is 3.19. The summed E-state index contributed by atoms with van der Waals surface area (Å²) in [6.07, 6.45) is 0.979. The molecule has 1 unspecified atom stereocenters. The summed E-state index contributed by atoms with van der Waals surface area (Å²) in [5.74, 6) is 0.505. The van der Waals surface area contributed by atoms with Crippen molar-refractivity contribution in [2.75, 3.05) is 6.54 Å². The lowest BCUT2D eigenvalue weighted by molar-refractivity contribution is 0.177. The summed E-state index contributed by atoms with van der Waals surface area (Å²) in [6, 6.07) is 14.4. The molecule has 0 bridgehead atoms. The molecule has 4 N–H and O–H groups in total. The second-order valence-corrected chi connectivity index (χ2v) is 4.50. The molecule has 4 heteroatoms. The molecule has 0 aliphatic carbocycles. The maximum absolute atomic E-state index is 9.64. The van der Waals surface area contributed by atoms with Crippen molar-refractivity contribution in [3.8, 4) is 11.3 Å². The van der Waals surface area contributed by atoms with E-state index in [0.29, 0.717) is 5.82 Å². The molecule has 0 fully saturated rings. The molecule has 1 aromatic heterocycles. The Morgan fingerprint density at radius 2 is 1.95 bits per heavy atom. The van der Waals surface area contributed by atoms with Gasteiger partial charge in [0.15, 0.2) is 0 Å². The van der Waals surface area contributed by atoms with Crippen LogP contribution in [0, 0.1) is 0 Å². The van der Waals surface area contributed by atoms with Crippen molar-refractivity contribution in [3.05, 3.63) is 54.5 Å². The van der Waals surface area contributed by atoms with E-state index < -0.39 is 6.10 Å². The van der Waals surface area contributed by atoms with Crippen LogP contribution in [0.15, 0.2) is 48.7 Å². The van der Waals surface area contributed by atoms with Gasteiger partial charge in [0.05, 0.1) is 11.9 Å². The number of fused-ring (bicyclic) bond motifs is 1. The van der Waals surface area contributed by atoms with Crippen LogP contribution in [-0.2, 0) is 0 Å². The Morgan fingerprint density at radius 1 is 1.16 bits per heavy atom. The molecule has 0 radical (unpaired) electrons. The number of rotatable bonds is 3. The highest BCUT2D eigenvalue weighted by atomic mass is 16.3. The fourth-order valence-corrected chi connectivity index (χ4v) is 2.12. The molecule has 19 heavy (non-hydrogen) atoms. The zero-order chi connectivity index (χ0) is 13.2. The average Bonchev–Trinajstić information content (AvgIpc) is 2.95. The second-order valence-electron chi connectivity index (χ2n) is 4.50. The van der Waals surface area contributed by atoms with Crippen LogP contribution in [0.2, 0.25) is 0 Å². The molecule has 4 nitrogen and oxygen atoms in total. The number of aliphatic hydroxyl groups is 1. The Morgan fingerprint density at radius 3 is 2.74 bits per heavy atom. The minimum atomic E-state index is -0.741. The number of H-pyrrole nitrogens is 1. The van der Waals surface area contributed by atoms with Gasteiger partial charge in [-0.25, -0.2) is 4.98 Å².